The second kappa shape index (κ2) is 25.2. The number of nitriles is 1. The molecule has 2 aromatic heterocycles. The van der Waals surface area contributed by atoms with E-state index in [1.54, 1.807) is 50.1 Å². The maximum atomic E-state index is 15.4. The van der Waals surface area contributed by atoms with Gasteiger partial charge in [-0.15, -0.1) is 0 Å². The molecule has 0 saturated carbocycles. The third-order valence-corrected chi connectivity index (χ3v) is 16.0. The molecule has 1 aliphatic heterocycles. The van der Waals surface area contributed by atoms with Gasteiger partial charge in [0, 0.05) is 53.3 Å². The molecule has 19 heteroatoms. The van der Waals surface area contributed by atoms with Crippen molar-refractivity contribution >= 4 is 49.0 Å². The van der Waals surface area contributed by atoms with Crippen LogP contribution in [-0.4, -0.2) is 94.1 Å². The Morgan fingerprint density at radius 3 is 1.91 bits per heavy atom. The van der Waals surface area contributed by atoms with Crippen molar-refractivity contribution in [3.05, 3.63) is 188 Å². The summed E-state index contributed by atoms with van der Waals surface area (Å²) in [6.45, 7) is 8.47. The minimum Gasteiger partial charge on any atom is -0.497 e. The topological polar surface area (TPSA) is 176 Å². The molecule has 0 aliphatic carbocycles. The summed E-state index contributed by atoms with van der Waals surface area (Å²) in [5, 5.41) is 10.5. The Kier molecular flexibility index (Phi) is 18.5. The Hall–Kier alpha value is -6.38. The van der Waals surface area contributed by atoms with Gasteiger partial charge in [0.05, 0.1) is 46.0 Å². The van der Waals surface area contributed by atoms with E-state index in [0.29, 0.717) is 44.7 Å². The molecule has 1 saturated heterocycles. The lowest BCUT2D eigenvalue weighted by atomic mass is 9.79. The van der Waals surface area contributed by atoms with E-state index >= 15 is 4.79 Å². The molecule has 0 radical (unpaired) electrons. The number of halogens is 2. The lowest BCUT2D eigenvalue weighted by Crippen LogP contribution is -2.47. The van der Waals surface area contributed by atoms with Crippen LogP contribution in [0.1, 0.15) is 87.4 Å². The first kappa shape index (κ1) is 55.8. The number of fused-ring (bicyclic) bond motifs is 1. The Labute approximate surface area is 454 Å². The summed E-state index contributed by atoms with van der Waals surface area (Å²) in [6.07, 6.45) is 0.243. The second-order valence-corrected chi connectivity index (χ2v) is 21.0. The van der Waals surface area contributed by atoms with E-state index < -0.39 is 49.9 Å². The van der Waals surface area contributed by atoms with Crippen LogP contribution in [0.5, 0.6) is 11.5 Å². The van der Waals surface area contributed by atoms with E-state index in [2.05, 4.69) is 25.7 Å². The molecule has 0 bridgehead atoms. The van der Waals surface area contributed by atoms with E-state index in [-0.39, 0.29) is 50.1 Å². The maximum Gasteiger partial charge on any atom is 0.412 e. The second-order valence-electron chi connectivity index (χ2n) is 18.7. The van der Waals surface area contributed by atoms with Gasteiger partial charge >= 0.3 is 6.09 Å². The van der Waals surface area contributed by atoms with E-state index in [1.807, 2.05) is 131 Å². The van der Waals surface area contributed by atoms with Crippen LogP contribution < -0.4 is 15.0 Å². The molecule has 16 nitrogen and oxygen atoms in total. The molecule has 3 heterocycles. The number of carbonyl (C=O) groups is 1. The number of aromatic amines is 1. The highest BCUT2D eigenvalue weighted by atomic mass is 35.5. The number of H-pyrrole nitrogens is 1. The molecular weight excluding hydrogens is 1030 g/mol. The summed E-state index contributed by atoms with van der Waals surface area (Å²) in [5.74, 6) is 1.39. The number of aromatic nitrogens is 4. The fraction of sp³-hybridized carbons (Fsp3) is 0.351. The number of imidazole rings is 1. The normalized spacial score (nSPS) is 16.3. The predicted molar refractivity (Wildman–Crippen MR) is 292 cm³/mol. The lowest BCUT2D eigenvalue weighted by Gasteiger charge is -2.40. The molecule has 1 amide bonds. The third-order valence-electron chi connectivity index (χ3n) is 13.3. The van der Waals surface area contributed by atoms with Gasteiger partial charge in [-0.2, -0.15) is 5.26 Å². The number of methoxy groups -OCH3 is 2. The van der Waals surface area contributed by atoms with Crippen molar-refractivity contribution in [1.82, 2.24) is 29.1 Å². The Bertz CT molecular complexity index is 3000. The molecule has 398 valence electrons. The van der Waals surface area contributed by atoms with Crippen molar-refractivity contribution in [3.8, 4) is 17.6 Å². The lowest BCUT2D eigenvalue weighted by molar-refractivity contribution is -0.0970. The van der Waals surface area contributed by atoms with Gasteiger partial charge < -0.3 is 37.7 Å². The SMILES string of the molecule is COc1ccc(C(OCCCC(OC(=O)N(C)[C@@H]2O[C@@H](n3cnc4c(=O)[nH]cnc43)C[C@H]2OP(OCCC#N)N(C(C)C)C(C)C)(c2ccc(Cl)cc2)c2ccc(Cl)cc2)(c2ccccc2)c2ccc(OC)cc2)cc1. The van der Waals surface area contributed by atoms with E-state index in [4.69, 9.17) is 55.9 Å². The van der Waals surface area contributed by atoms with Gasteiger partial charge in [0.1, 0.15) is 29.4 Å². The van der Waals surface area contributed by atoms with Gasteiger partial charge in [0.15, 0.2) is 23.0 Å². The standard InChI is InChI=1S/C57H62Cl2N7O9P/c1-38(2)66(39(3)4)76(72-34-12-32-60)75-49-35-50(65-37-63-51-52(65)61-36-62-53(51)67)73-54(49)64(5)55(68)74-56(40-15-23-45(58)24-16-40,41-17-25-46(59)26-18-41)31-11-33-71-57(42-13-9-8-10-14-42,43-19-27-47(69-6)28-20-43)44-21-29-48(70-7)30-22-44/h8-10,13-30,36-39,49-50,54H,11-12,31,33-35H2,1-7H3,(H,61,62,67)/t49-,50-,54-,76?/m1/s1. The number of ether oxygens (including phenoxy) is 5. The van der Waals surface area contributed by atoms with Gasteiger partial charge in [-0.05, 0) is 106 Å². The Morgan fingerprint density at radius 2 is 1.37 bits per heavy atom. The summed E-state index contributed by atoms with van der Waals surface area (Å²) in [4.78, 5) is 41.0. The molecule has 0 spiro atoms. The summed E-state index contributed by atoms with van der Waals surface area (Å²) < 4.78 is 49.4. The first-order valence-electron chi connectivity index (χ1n) is 25.0. The Balaban J connectivity index is 1.18. The number of hydrogen-bond acceptors (Lipinski definition) is 13. The molecule has 1 fully saturated rings. The molecule has 1 aliphatic rings. The Morgan fingerprint density at radius 1 is 0.816 bits per heavy atom. The molecule has 5 aromatic carbocycles. The predicted octanol–water partition coefficient (Wildman–Crippen LogP) is 12.2. The quantitative estimate of drug-likeness (QED) is 0.0364. The number of carbonyl (C=O) groups excluding carboxylic acids is 1. The first-order valence-corrected chi connectivity index (χ1v) is 26.9. The van der Waals surface area contributed by atoms with Crippen molar-refractivity contribution in [2.45, 2.75) is 95.2 Å². The molecule has 1 N–H and O–H groups in total. The highest BCUT2D eigenvalue weighted by molar-refractivity contribution is 7.44. The van der Waals surface area contributed by atoms with Crippen molar-refractivity contribution in [2.24, 2.45) is 0 Å². The number of rotatable bonds is 23. The number of amides is 1. The zero-order valence-corrected chi connectivity index (χ0v) is 45.9. The van der Waals surface area contributed by atoms with Gasteiger partial charge in [-0.1, -0.05) is 102 Å². The van der Waals surface area contributed by atoms with Crippen molar-refractivity contribution in [2.75, 3.05) is 34.5 Å². The van der Waals surface area contributed by atoms with Crippen LogP contribution in [0.3, 0.4) is 0 Å². The number of nitrogens with zero attached hydrogens (tertiary/aromatic N) is 6. The molecule has 8 rings (SSSR count). The van der Waals surface area contributed by atoms with Crippen LogP contribution in [-0.2, 0) is 34.5 Å². The fourth-order valence-corrected chi connectivity index (χ4v) is 11.7. The average molecular weight is 1090 g/mol. The van der Waals surface area contributed by atoms with Crippen LogP contribution >= 0.6 is 31.7 Å². The van der Waals surface area contributed by atoms with Crippen molar-refractivity contribution < 1.29 is 37.5 Å². The monoisotopic (exact) mass is 1090 g/mol. The van der Waals surface area contributed by atoms with Gasteiger partial charge in [0.25, 0.3) is 14.1 Å². The van der Waals surface area contributed by atoms with Crippen LogP contribution in [0.15, 0.2) is 145 Å². The fourth-order valence-electron chi connectivity index (χ4n) is 9.73. The van der Waals surface area contributed by atoms with E-state index in [0.717, 1.165) is 16.7 Å². The van der Waals surface area contributed by atoms with Gasteiger partial charge in [0.2, 0.25) is 0 Å². The number of hydrogen-bond donors (Lipinski definition) is 1. The highest BCUT2D eigenvalue weighted by Gasteiger charge is 2.48. The maximum absolute atomic E-state index is 15.4. The minimum atomic E-state index is -1.82. The molecule has 76 heavy (non-hydrogen) atoms. The summed E-state index contributed by atoms with van der Waals surface area (Å²) in [7, 11) is 3.04. The van der Waals surface area contributed by atoms with Crippen LogP contribution in [0.4, 0.5) is 4.79 Å². The minimum absolute atomic E-state index is 0.0189. The van der Waals surface area contributed by atoms with Gasteiger partial charge in [-0.25, -0.2) is 19.4 Å². The van der Waals surface area contributed by atoms with E-state index in [1.165, 1.54) is 17.6 Å². The number of benzene rings is 5. The molecule has 7 aromatic rings. The first-order chi connectivity index (χ1) is 36.7. The third kappa shape index (κ3) is 12.1. The zero-order valence-electron chi connectivity index (χ0n) is 43.5. The van der Waals surface area contributed by atoms with E-state index in [9.17, 15) is 10.1 Å². The zero-order chi connectivity index (χ0) is 54.0. The van der Waals surface area contributed by atoms with Gasteiger partial charge in [-0.3, -0.25) is 14.3 Å². The summed E-state index contributed by atoms with van der Waals surface area (Å²) in [5.41, 5.74) is 1.30. The summed E-state index contributed by atoms with van der Waals surface area (Å²) >= 11 is 13.1. The number of likely N-dealkylation sites (N-methyl/N-ethyl adjacent to an activating group) is 1. The summed E-state index contributed by atoms with van der Waals surface area (Å²) in [6, 6.07) is 42.2. The van der Waals surface area contributed by atoms with Crippen molar-refractivity contribution in [1.29, 1.82) is 5.26 Å². The number of nitrogens with one attached hydrogen (secondary N) is 1. The molecular formula is C57H62Cl2N7O9P. The van der Waals surface area contributed by atoms with Crippen LogP contribution in [0.2, 0.25) is 10.0 Å². The van der Waals surface area contributed by atoms with Crippen molar-refractivity contribution in [3.63, 3.8) is 0 Å². The highest BCUT2D eigenvalue weighted by Crippen LogP contribution is 2.51. The van der Waals surface area contributed by atoms with Crippen LogP contribution in [0.25, 0.3) is 11.2 Å². The smallest absolute Gasteiger partial charge is 0.412 e. The van der Waals surface area contributed by atoms with Crippen LogP contribution in [0, 0.1) is 11.3 Å². The average Bonchev–Trinajstić information content (AvgIpc) is 4.09. The molecule has 4 atom stereocenters. The molecule has 1 unspecified atom stereocenters. The largest absolute Gasteiger partial charge is 0.497 e.